The van der Waals surface area contributed by atoms with Crippen molar-refractivity contribution in [2.24, 2.45) is 23.2 Å². The fourth-order valence-electron chi connectivity index (χ4n) is 1.31. The van der Waals surface area contributed by atoms with E-state index in [9.17, 15) is 9.59 Å². The van der Waals surface area contributed by atoms with E-state index in [2.05, 4.69) is 23.3 Å². The molecule has 0 atom stereocenters. The summed E-state index contributed by atoms with van der Waals surface area (Å²) in [4.78, 5) is 21.7. The maximum absolute atomic E-state index is 10.9. The summed E-state index contributed by atoms with van der Waals surface area (Å²) >= 11 is 6.44. The van der Waals surface area contributed by atoms with Crippen LogP contribution in [0, 0.1) is 6.92 Å². The van der Waals surface area contributed by atoms with Crippen LogP contribution in [0.5, 0.6) is 0 Å². The molecule has 0 radical (unpaired) electrons. The van der Waals surface area contributed by atoms with Crippen LogP contribution < -0.4 is 33.2 Å². The predicted molar refractivity (Wildman–Crippen MR) is 81.7 cm³/mol. The molecule has 0 fully saturated rings. The zero-order valence-corrected chi connectivity index (χ0v) is 11.9. The molecule has 0 saturated carbocycles. The maximum Gasteiger partial charge on any atom is 0.333 e. The summed E-state index contributed by atoms with van der Waals surface area (Å²) in [6.07, 6.45) is 0. The molecule has 1 aromatic rings. The van der Waals surface area contributed by atoms with Crippen LogP contribution in [-0.4, -0.2) is 12.1 Å². The van der Waals surface area contributed by atoms with E-state index in [0.29, 0.717) is 16.9 Å². The van der Waals surface area contributed by atoms with Crippen molar-refractivity contribution in [3.63, 3.8) is 0 Å². The van der Waals surface area contributed by atoms with Gasteiger partial charge in [0.05, 0.1) is 11.4 Å². The molecule has 106 valence electrons. The third-order valence-corrected chi connectivity index (χ3v) is 2.19. The van der Waals surface area contributed by atoms with Crippen molar-refractivity contribution in [3.8, 4) is 0 Å². The minimum atomic E-state index is -0.795. The quantitative estimate of drug-likeness (QED) is 0.153. The number of nitrogens with zero attached hydrogens (tertiary/aromatic N) is 2. The average Bonchev–Trinajstić information content (AvgIpc) is 2.39. The standard InChI is InChI=1S/C9H14N6O2.H2S2/c1-5-4-6(14(12)8(10)16)2-3-7(5)15(13)9(11)17;1-2/h2-4H,12-13H2,1H3,(H2,10,16)(H2,11,17);1-2H. The summed E-state index contributed by atoms with van der Waals surface area (Å²) in [7, 11) is 0. The van der Waals surface area contributed by atoms with Gasteiger partial charge in [0.1, 0.15) is 0 Å². The van der Waals surface area contributed by atoms with Gasteiger partial charge in [-0.05, 0) is 30.7 Å². The molecule has 0 aromatic heterocycles. The zero-order valence-electron chi connectivity index (χ0n) is 10.1. The van der Waals surface area contributed by atoms with E-state index in [4.69, 9.17) is 23.2 Å². The summed E-state index contributed by atoms with van der Waals surface area (Å²) in [5.41, 5.74) is 11.5. The van der Waals surface area contributed by atoms with Crippen LogP contribution in [0.1, 0.15) is 5.56 Å². The third kappa shape index (κ3) is 4.52. The second kappa shape index (κ2) is 7.74. The number of hydrogen-bond acceptors (Lipinski definition) is 6. The van der Waals surface area contributed by atoms with Gasteiger partial charge in [-0.2, -0.15) is 0 Å². The van der Waals surface area contributed by atoms with E-state index in [-0.39, 0.29) is 0 Å². The van der Waals surface area contributed by atoms with Crippen molar-refractivity contribution in [3.05, 3.63) is 23.8 Å². The lowest BCUT2D eigenvalue weighted by atomic mass is 10.1. The summed E-state index contributed by atoms with van der Waals surface area (Å²) in [5, 5.41) is 1.58. The molecule has 8 N–H and O–H groups in total. The number of nitrogens with two attached hydrogens (primary N) is 4. The summed E-state index contributed by atoms with van der Waals surface area (Å²) in [5.74, 6) is 10.9. The normalized spacial score (nSPS) is 9.11. The van der Waals surface area contributed by atoms with Gasteiger partial charge >= 0.3 is 12.1 Å². The minimum Gasteiger partial charge on any atom is -0.350 e. The SMILES string of the molecule is Cc1cc(N(N)C(N)=O)ccc1N(N)C(N)=O.SS. The third-order valence-electron chi connectivity index (χ3n) is 2.19. The van der Waals surface area contributed by atoms with E-state index in [1.54, 1.807) is 13.0 Å². The number of carbonyl (C=O) groups excluding carboxylic acids is 2. The molecule has 0 aliphatic rings. The Hall–Kier alpha value is -1.62. The van der Waals surface area contributed by atoms with Crippen LogP contribution in [0.3, 0.4) is 0 Å². The molecule has 0 unspecified atom stereocenters. The van der Waals surface area contributed by atoms with Crippen LogP contribution in [0.4, 0.5) is 21.0 Å². The van der Waals surface area contributed by atoms with Gasteiger partial charge < -0.3 is 11.5 Å². The summed E-state index contributed by atoms with van der Waals surface area (Å²) < 4.78 is 0. The topological polar surface area (TPSA) is 145 Å². The van der Waals surface area contributed by atoms with E-state index < -0.39 is 12.1 Å². The Morgan fingerprint density at radius 2 is 1.53 bits per heavy atom. The number of hydrogen-bond donors (Lipinski definition) is 6. The van der Waals surface area contributed by atoms with Crippen LogP contribution >= 0.6 is 23.3 Å². The minimum absolute atomic E-state index is 0.386. The second-order valence-corrected chi connectivity index (χ2v) is 3.39. The number of urea groups is 2. The number of aryl methyl sites for hydroxylation is 1. The molecule has 1 aromatic carbocycles. The van der Waals surface area contributed by atoms with Gasteiger partial charge in [-0.1, -0.05) is 0 Å². The Bertz CT molecular complexity index is 470. The lowest BCUT2D eigenvalue weighted by molar-refractivity contribution is 0.253. The van der Waals surface area contributed by atoms with Gasteiger partial charge in [-0.15, -0.1) is 23.3 Å². The molecule has 8 nitrogen and oxygen atoms in total. The van der Waals surface area contributed by atoms with Gasteiger partial charge in [0.25, 0.3) is 0 Å². The van der Waals surface area contributed by atoms with Gasteiger partial charge in [-0.25, -0.2) is 31.3 Å². The van der Waals surface area contributed by atoms with E-state index in [0.717, 1.165) is 10.0 Å². The molecule has 0 bridgehead atoms. The van der Waals surface area contributed by atoms with Gasteiger partial charge in [0.15, 0.2) is 0 Å². The molecule has 0 saturated heterocycles. The van der Waals surface area contributed by atoms with Crippen molar-refractivity contribution in [1.29, 1.82) is 0 Å². The zero-order chi connectivity index (χ0) is 15.2. The Morgan fingerprint density at radius 1 is 1.05 bits per heavy atom. The largest absolute Gasteiger partial charge is 0.350 e. The number of benzene rings is 1. The smallest absolute Gasteiger partial charge is 0.333 e. The second-order valence-electron chi connectivity index (χ2n) is 3.39. The van der Waals surface area contributed by atoms with Crippen molar-refractivity contribution in [1.82, 2.24) is 0 Å². The molecule has 0 aliphatic carbocycles. The van der Waals surface area contributed by atoms with Gasteiger partial charge in [0, 0.05) is 0 Å². The molecule has 19 heavy (non-hydrogen) atoms. The highest BCUT2D eigenvalue weighted by atomic mass is 33.1. The monoisotopic (exact) mass is 304 g/mol. The highest BCUT2D eigenvalue weighted by molar-refractivity contribution is 8.59. The lowest BCUT2D eigenvalue weighted by Crippen LogP contribution is -2.43. The van der Waals surface area contributed by atoms with E-state index in [1.807, 2.05) is 0 Å². The van der Waals surface area contributed by atoms with Crippen LogP contribution in [0.2, 0.25) is 0 Å². The highest BCUT2D eigenvalue weighted by Crippen LogP contribution is 2.23. The Morgan fingerprint density at radius 3 is 1.89 bits per heavy atom. The van der Waals surface area contributed by atoms with Crippen molar-refractivity contribution < 1.29 is 9.59 Å². The fourth-order valence-corrected chi connectivity index (χ4v) is 1.31. The first-order chi connectivity index (χ1) is 8.84. The number of carbonyl (C=O) groups is 2. The van der Waals surface area contributed by atoms with Crippen LogP contribution in [0.25, 0.3) is 0 Å². The average molecular weight is 304 g/mol. The molecule has 0 aliphatic heterocycles. The van der Waals surface area contributed by atoms with Crippen molar-refractivity contribution >= 4 is 46.8 Å². The Kier molecular flexibility index (Phi) is 7.08. The van der Waals surface area contributed by atoms with E-state index >= 15 is 0 Å². The van der Waals surface area contributed by atoms with E-state index in [1.165, 1.54) is 12.1 Å². The fraction of sp³-hybridized carbons (Fsp3) is 0.111. The summed E-state index contributed by atoms with van der Waals surface area (Å²) in [6, 6.07) is 2.98. The molecule has 4 amide bonds. The van der Waals surface area contributed by atoms with Crippen LogP contribution in [0.15, 0.2) is 18.2 Å². The Labute approximate surface area is 120 Å². The first-order valence-corrected chi connectivity index (χ1v) is 6.43. The lowest BCUT2D eigenvalue weighted by Gasteiger charge is -2.19. The summed E-state index contributed by atoms with van der Waals surface area (Å²) in [6.45, 7) is 1.69. The number of primary amides is 2. The number of hydrazine groups is 2. The predicted octanol–water partition coefficient (Wildman–Crippen LogP) is 0.274. The van der Waals surface area contributed by atoms with Crippen LogP contribution in [-0.2, 0) is 0 Å². The molecule has 1 rings (SSSR count). The number of anilines is 2. The molecular formula is C9H16N6O2S2. The van der Waals surface area contributed by atoms with Gasteiger partial charge in [-0.3, -0.25) is 0 Å². The first kappa shape index (κ1) is 17.4. The molecular weight excluding hydrogens is 288 g/mol. The number of amides is 4. The highest BCUT2D eigenvalue weighted by Gasteiger charge is 2.13. The molecule has 0 spiro atoms. The maximum atomic E-state index is 10.9. The van der Waals surface area contributed by atoms with Crippen molar-refractivity contribution in [2.45, 2.75) is 6.92 Å². The van der Waals surface area contributed by atoms with Gasteiger partial charge in [0.2, 0.25) is 0 Å². The first-order valence-electron chi connectivity index (χ1n) is 4.83. The Balaban J connectivity index is 0.00000154. The number of rotatable bonds is 2. The van der Waals surface area contributed by atoms with Crippen molar-refractivity contribution in [2.75, 3.05) is 10.0 Å². The number of thiol groups is 2. The molecule has 0 heterocycles. The molecule has 10 heteroatoms.